The lowest BCUT2D eigenvalue weighted by molar-refractivity contribution is 0.620. The van der Waals surface area contributed by atoms with E-state index in [0.717, 1.165) is 18.7 Å². The monoisotopic (exact) mass is 460 g/mol. The molecule has 0 radical (unpaired) electrons. The van der Waals surface area contributed by atoms with Crippen LogP contribution < -0.4 is 0 Å². The first-order chi connectivity index (χ1) is 7.99. The highest BCUT2D eigenvalue weighted by molar-refractivity contribution is 9.13. The van der Waals surface area contributed by atoms with Gasteiger partial charge in [0, 0.05) is 9.35 Å². The van der Waals surface area contributed by atoms with E-state index in [1.54, 1.807) is 23.5 Å². The Labute approximate surface area is 133 Å². The summed E-state index contributed by atoms with van der Waals surface area (Å²) in [5.41, 5.74) is 0.862. The molecule has 0 aliphatic heterocycles. The van der Waals surface area contributed by atoms with Crippen molar-refractivity contribution in [3.63, 3.8) is 0 Å². The molecule has 6 heteroatoms. The van der Waals surface area contributed by atoms with Gasteiger partial charge in [-0.25, -0.2) is 4.39 Å². The minimum Gasteiger partial charge on any atom is -0.206 e. The van der Waals surface area contributed by atoms with Crippen molar-refractivity contribution in [2.45, 2.75) is 5.38 Å². The smallest absolute Gasteiger partial charge is 0.137 e. The molecule has 0 aliphatic rings. The average molecular weight is 463 g/mol. The second kappa shape index (κ2) is 5.70. The molecule has 0 saturated heterocycles. The molecule has 0 spiro atoms. The summed E-state index contributed by atoms with van der Waals surface area (Å²) in [6.07, 6.45) is 0. The number of hydrogen-bond acceptors (Lipinski definition) is 1. The van der Waals surface area contributed by atoms with Crippen LogP contribution in [-0.2, 0) is 0 Å². The zero-order valence-corrected chi connectivity index (χ0v) is 14.5. The summed E-state index contributed by atoms with van der Waals surface area (Å²) < 4.78 is 15.5. The Morgan fingerprint density at radius 1 is 1.12 bits per heavy atom. The predicted molar refractivity (Wildman–Crippen MR) is 81.5 cm³/mol. The number of benzene rings is 1. The molecular formula is C11H5Br3ClFS. The van der Waals surface area contributed by atoms with Crippen molar-refractivity contribution >= 4 is 70.7 Å². The van der Waals surface area contributed by atoms with Crippen molar-refractivity contribution in [2.24, 2.45) is 0 Å². The Morgan fingerprint density at radius 2 is 1.82 bits per heavy atom. The van der Waals surface area contributed by atoms with Gasteiger partial charge in [-0.3, -0.25) is 0 Å². The maximum absolute atomic E-state index is 13.1. The van der Waals surface area contributed by atoms with Crippen LogP contribution in [0, 0.1) is 5.82 Å². The van der Waals surface area contributed by atoms with Crippen LogP contribution in [-0.4, -0.2) is 0 Å². The molecule has 2 aromatic rings. The first-order valence-corrected chi connectivity index (χ1v) is 8.16. The minimum absolute atomic E-state index is 0.278. The van der Waals surface area contributed by atoms with Crippen LogP contribution in [0.25, 0.3) is 0 Å². The van der Waals surface area contributed by atoms with Crippen molar-refractivity contribution in [3.05, 3.63) is 53.3 Å². The van der Waals surface area contributed by atoms with E-state index in [1.165, 1.54) is 6.07 Å². The van der Waals surface area contributed by atoms with Crippen LogP contribution in [0.5, 0.6) is 0 Å². The fourth-order valence-corrected chi connectivity index (χ4v) is 4.15. The second-order valence-electron chi connectivity index (χ2n) is 3.31. The van der Waals surface area contributed by atoms with Crippen molar-refractivity contribution in [1.29, 1.82) is 0 Å². The van der Waals surface area contributed by atoms with Gasteiger partial charge in [0.25, 0.3) is 0 Å². The molecule has 1 heterocycles. The zero-order chi connectivity index (χ0) is 12.6. The number of thiophene rings is 1. The Morgan fingerprint density at radius 3 is 2.35 bits per heavy atom. The van der Waals surface area contributed by atoms with Crippen LogP contribution in [0.3, 0.4) is 0 Å². The van der Waals surface area contributed by atoms with Crippen molar-refractivity contribution in [2.75, 3.05) is 0 Å². The van der Waals surface area contributed by atoms with Crippen LogP contribution in [0.15, 0.2) is 37.0 Å². The third-order valence-corrected chi connectivity index (χ3v) is 6.70. The van der Waals surface area contributed by atoms with E-state index in [9.17, 15) is 4.39 Å². The molecule has 0 amide bonds. The van der Waals surface area contributed by atoms with Gasteiger partial charge < -0.3 is 0 Å². The summed E-state index contributed by atoms with van der Waals surface area (Å²) in [6, 6.07) is 6.77. The molecule has 0 fully saturated rings. The Balaban J connectivity index is 2.36. The fraction of sp³-hybridized carbons (Fsp3) is 0.0909. The number of alkyl halides is 1. The van der Waals surface area contributed by atoms with Gasteiger partial charge in [-0.15, -0.1) is 22.9 Å². The van der Waals surface area contributed by atoms with E-state index in [4.69, 9.17) is 11.6 Å². The SMILES string of the molecule is Fc1ccc(C(Cl)c2cc(Br)c(Br)s2)cc1Br. The van der Waals surface area contributed by atoms with E-state index in [-0.39, 0.29) is 11.2 Å². The Kier molecular flexibility index (Phi) is 4.69. The van der Waals surface area contributed by atoms with Gasteiger partial charge in [0.15, 0.2) is 0 Å². The van der Waals surface area contributed by atoms with Gasteiger partial charge in [0.2, 0.25) is 0 Å². The maximum Gasteiger partial charge on any atom is 0.137 e. The lowest BCUT2D eigenvalue weighted by atomic mass is 10.1. The van der Waals surface area contributed by atoms with E-state index in [0.29, 0.717) is 4.47 Å². The van der Waals surface area contributed by atoms with Crippen molar-refractivity contribution < 1.29 is 4.39 Å². The molecule has 17 heavy (non-hydrogen) atoms. The molecule has 0 aliphatic carbocycles. The van der Waals surface area contributed by atoms with Crippen LogP contribution in [0.4, 0.5) is 4.39 Å². The molecule has 0 N–H and O–H groups in total. The average Bonchev–Trinajstić information content (AvgIpc) is 2.62. The Bertz CT molecular complexity index is 536. The van der Waals surface area contributed by atoms with E-state index >= 15 is 0 Å². The quantitative estimate of drug-likeness (QED) is 0.446. The minimum atomic E-state index is -0.286. The second-order valence-corrected chi connectivity index (χ2v) is 7.85. The van der Waals surface area contributed by atoms with Crippen LogP contribution in [0.2, 0.25) is 0 Å². The lowest BCUT2D eigenvalue weighted by Crippen LogP contribution is -1.91. The molecular weight excluding hydrogens is 458 g/mol. The number of rotatable bonds is 2. The summed E-state index contributed by atoms with van der Waals surface area (Å²) >= 11 is 17.9. The van der Waals surface area contributed by atoms with Gasteiger partial charge in [-0.05, 0) is 71.6 Å². The first-order valence-electron chi connectivity index (χ1n) is 4.53. The molecule has 0 bridgehead atoms. The van der Waals surface area contributed by atoms with Crippen LogP contribution in [0.1, 0.15) is 15.8 Å². The highest BCUT2D eigenvalue weighted by Crippen LogP contribution is 2.40. The summed E-state index contributed by atoms with van der Waals surface area (Å²) in [6.45, 7) is 0. The topological polar surface area (TPSA) is 0 Å². The third-order valence-electron chi connectivity index (χ3n) is 2.15. The number of hydrogen-bond donors (Lipinski definition) is 0. The van der Waals surface area contributed by atoms with Crippen molar-refractivity contribution in [3.8, 4) is 0 Å². The molecule has 1 aromatic heterocycles. The number of halogens is 5. The zero-order valence-electron chi connectivity index (χ0n) is 8.18. The predicted octanol–water partition coefficient (Wildman–Crippen LogP) is 6.50. The summed E-state index contributed by atoms with van der Waals surface area (Å²) in [7, 11) is 0. The molecule has 1 atom stereocenters. The molecule has 0 nitrogen and oxygen atoms in total. The summed E-state index contributed by atoms with van der Waals surface area (Å²) in [5.74, 6) is -0.286. The molecule has 90 valence electrons. The standard InChI is InChI=1S/C11H5Br3ClFS/c12-6-3-5(1-2-8(6)16)10(15)9-4-7(13)11(14)17-9/h1-4,10H. The van der Waals surface area contributed by atoms with E-state index in [1.807, 2.05) is 6.07 Å². The summed E-state index contributed by atoms with van der Waals surface area (Å²) in [5, 5.41) is -0.278. The van der Waals surface area contributed by atoms with Gasteiger partial charge >= 0.3 is 0 Å². The lowest BCUT2D eigenvalue weighted by Gasteiger charge is -2.08. The van der Waals surface area contributed by atoms with Gasteiger partial charge in [0.05, 0.1) is 13.6 Å². The highest BCUT2D eigenvalue weighted by Gasteiger charge is 2.16. The van der Waals surface area contributed by atoms with Gasteiger partial charge in [0.1, 0.15) is 5.82 Å². The molecule has 1 aromatic carbocycles. The normalized spacial score (nSPS) is 12.8. The third kappa shape index (κ3) is 3.13. The largest absolute Gasteiger partial charge is 0.206 e. The molecule has 1 unspecified atom stereocenters. The fourth-order valence-electron chi connectivity index (χ4n) is 1.32. The molecule has 0 saturated carbocycles. The first kappa shape index (κ1) is 14.0. The van der Waals surface area contributed by atoms with E-state index in [2.05, 4.69) is 47.8 Å². The Hall–Kier alpha value is 0.580. The highest BCUT2D eigenvalue weighted by atomic mass is 79.9. The van der Waals surface area contributed by atoms with Gasteiger partial charge in [-0.1, -0.05) is 6.07 Å². The van der Waals surface area contributed by atoms with E-state index < -0.39 is 0 Å². The molecule has 2 rings (SSSR count). The van der Waals surface area contributed by atoms with Gasteiger partial charge in [-0.2, -0.15) is 0 Å². The van der Waals surface area contributed by atoms with Crippen molar-refractivity contribution in [1.82, 2.24) is 0 Å². The maximum atomic E-state index is 13.1. The van der Waals surface area contributed by atoms with Crippen LogP contribution >= 0.6 is 70.7 Å². The summed E-state index contributed by atoms with van der Waals surface area (Å²) in [4.78, 5) is 1.00.